The van der Waals surface area contributed by atoms with E-state index in [0.717, 1.165) is 19.6 Å². The third kappa shape index (κ3) is 5.53. The molecule has 1 amide bonds. The number of carbonyl (C=O) groups excluding carboxylic acids is 1. The predicted molar refractivity (Wildman–Crippen MR) is 81.3 cm³/mol. The van der Waals surface area contributed by atoms with Crippen LogP contribution in [0.4, 0.5) is 0 Å². The molecule has 0 bridgehead atoms. The molecule has 0 aliphatic carbocycles. The largest absolute Gasteiger partial charge is 0.481 e. The average molecular weight is 313 g/mol. The van der Waals surface area contributed by atoms with Crippen molar-refractivity contribution in [3.63, 3.8) is 0 Å². The number of hydrogen-bond donors (Lipinski definition) is 1. The van der Waals surface area contributed by atoms with Crippen LogP contribution in [-0.4, -0.2) is 43.2 Å². The van der Waals surface area contributed by atoms with Crippen LogP contribution in [0.25, 0.3) is 0 Å². The first-order valence-electron chi connectivity index (χ1n) is 7.21. The summed E-state index contributed by atoms with van der Waals surface area (Å²) in [4.78, 5) is 19.3. The molecule has 1 saturated heterocycles. The van der Waals surface area contributed by atoms with Crippen LogP contribution >= 0.6 is 11.6 Å². The summed E-state index contributed by atoms with van der Waals surface area (Å²) in [5, 5.41) is 0.629. The zero-order chi connectivity index (χ0) is 15.1. The Hall–Kier alpha value is -1.30. The Kier molecular flexibility index (Phi) is 6.29. The second-order valence-electron chi connectivity index (χ2n) is 5.08. The van der Waals surface area contributed by atoms with Gasteiger partial charge in [-0.05, 0) is 57.1 Å². The molecule has 6 heteroatoms. The highest BCUT2D eigenvalue weighted by atomic mass is 35.5. The van der Waals surface area contributed by atoms with Gasteiger partial charge in [-0.25, -0.2) is 5.48 Å². The summed E-state index contributed by atoms with van der Waals surface area (Å²) < 4.78 is 5.50. The highest BCUT2D eigenvalue weighted by Gasteiger charge is 2.15. The fourth-order valence-electron chi connectivity index (χ4n) is 2.16. The monoisotopic (exact) mass is 312 g/mol. The molecular weight excluding hydrogens is 292 g/mol. The molecule has 5 nitrogen and oxygen atoms in total. The first-order valence-corrected chi connectivity index (χ1v) is 7.59. The van der Waals surface area contributed by atoms with Crippen molar-refractivity contribution < 1.29 is 14.4 Å². The lowest BCUT2D eigenvalue weighted by Gasteiger charge is -2.16. The van der Waals surface area contributed by atoms with Crippen LogP contribution in [0.1, 0.15) is 19.8 Å². The molecule has 1 atom stereocenters. The molecule has 0 aromatic heterocycles. The maximum atomic E-state index is 11.8. The van der Waals surface area contributed by atoms with E-state index in [1.165, 1.54) is 12.8 Å². The molecule has 116 valence electrons. The number of nitrogens with one attached hydrogen (secondary N) is 1. The Balaban J connectivity index is 1.63. The van der Waals surface area contributed by atoms with Gasteiger partial charge in [0.25, 0.3) is 5.91 Å². The van der Waals surface area contributed by atoms with Crippen molar-refractivity contribution in [2.24, 2.45) is 0 Å². The number of hydrogen-bond acceptors (Lipinski definition) is 4. The zero-order valence-electron chi connectivity index (χ0n) is 12.2. The van der Waals surface area contributed by atoms with Gasteiger partial charge in [-0.3, -0.25) is 9.63 Å². The molecule has 2 rings (SSSR count). The van der Waals surface area contributed by atoms with E-state index in [2.05, 4.69) is 10.4 Å². The smallest absolute Gasteiger partial charge is 0.284 e. The molecule has 1 aromatic rings. The number of amides is 1. The molecular formula is C15H21ClN2O3. The average Bonchev–Trinajstić information content (AvgIpc) is 2.99. The van der Waals surface area contributed by atoms with Gasteiger partial charge in [0.05, 0.1) is 6.61 Å². The molecule has 0 unspecified atom stereocenters. The summed E-state index contributed by atoms with van der Waals surface area (Å²) in [5.74, 6) is 0.297. The van der Waals surface area contributed by atoms with Gasteiger partial charge in [0.15, 0.2) is 6.10 Å². The van der Waals surface area contributed by atoms with Crippen molar-refractivity contribution in [2.45, 2.75) is 25.9 Å². The Morgan fingerprint density at radius 1 is 1.33 bits per heavy atom. The molecule has 1 aromatic carbocycles. The fourth-order valence-corrected chi connectivity index (χ4v) is 2.28. The minimum atomic E-state index is -0.627. The number of rotatable bonds is 7. The van der Waals surface area contributed by atoms with Crippen molar-refractivity contribution in [3.05, 3.63) is 29.3 Å². The second-order valence-corrected chi connectivity index (χ2v) is 5.51. The summed E-state index contributed by atoms with van der Waals surface area (Å²) in [6.45, 7) is 5.24. The van der Waals surface area contributed by atoms with Crippen molar-refractivity contribution in [3.8, 4) is 5.75 Å². The number of benzene rings is 1. The van der Waals surface area contributed by atoms with Gasteiger partial charge >= 0.3 is 0 Å². The molecule has 1 N–H and O–H groups in total. The number of hydroxylamine groups is 1. The van der Waals surface area contributed by atoms with Crippen molar-refractivity contribution in [2.75, 3.05) is 26.2 Å². The molecule has 0 radical (unpaired) electrons. The third-order valence-electron chi connectivity index (χ3n) is 3.38. The van der Waals surface area contributed by atoms with Crippen LogP contribution in [0.2, 0.25) is 5.02 Å². The van der Waals surface area contributed by atoms with Crippen LogP contribution in [0.15, 0.2) is 24.3 Å². The van der Waals surface area contributed by atoms with Crippen LogP contribution in [0.5, 0.6) is 5.75 Å². The van der Waals surface area contributed by atoms with E-state index in [0.29, 0.717) is 17.4 Å². The predicted octanol–water partition coefficient (Wildman–Crippen LogP) is 2.25. The van der Waals surface area contributed by atoms with Gasteiger partial charge in [0, 0.05) is 11.6 Å². The SMILES string of the molecule is C[C@H](Oc1ccc(Cl)cc1)C(=O)NOCCN1CCCC1. The Bertz CT molecular complexity index is 447. The van der Waals surface area contributed by atoms with Gasteiger partial charge in [0.2, 0.25) is 0 Å². The molecule has 1 heterocycles. The number of halogens is 1. The third-order valence-corrected chi connectivity index (χ3v) is 3.63. The summed E-state index contributed by atoms with van der Waals surface area (Å²) in [7, 11) is 0. The van der Waals surface area contributed by atoms with Gasteiger partial charge in [0.1, 0.15) is 5.75 Å². The van der Waals surface area contributed by atoms with Crippen LogP contribution < -0.4 is 10.2 Å². The first-order chi connectivity index (χ1) is 10.1. The topological polar surface area (TPSA) is 50.8 Å². The molecule has 1 aliphatic heterocycles. The Labute approximate surface area is 130 Å². The molecule has 0 saturated carbocycles. The number of carbonyl (C=O) groups is 1. The van der Waals surface area contributed by atoms with Gasteiger partial charge in [-0.2, -0.15) is 0 Å². The molecule has 0 spiro atoms. The van der Waals surface area contributed by atoms with E-state index < -0.39 is 6.10 Å². The summed E-state index contributed by atoms with van der Waals surface area (Å²) in [6.07, 6.45) is 1.87. The van der Waals surface area contributed by atoms with E-state index in [4.69, 9.17) is 21.2 Å². The Morgan fingerprint density at radius 2 is 2.00 bits per heavy atom. The minimum Gasteiger partial charge on any atom is -0.481 e. The van der Waals surface area contributed by atoms with Gasteiger partial charge in [-0.15, -0.1) is 0 Å². The van der Waals surface area contributed by atoms with Gasteiger partial charge < -0.3 is 9.64 Å². The highest BCUT2D eigenvalue weighted by Crippen LogP contribution is 2.16. The first kappa shape index (κ1) is 16.1. The zero-order valence-corrected chi connectivity index (χ0v) is 12.9. The number of likely N-dealkylation sites (tertiary alicyclic amines) is 1. The summed E-state index contributed by atoms with van der Waals surface area (Å²) in [5.41, 5.74) is 2.42. The quantitative estimate of drug-likeness (QED) is 0.620. The van der Waals surface area contributed by atoms with Crippen LogP contribution in [0.3, 0.4) is 0 Å². The van der Waals surface area contributed by atoms with Crippen LogP contribution in [0, 0.1) is 0 Å². The van der Waals surface area contributed by atoms with E-state index >= 15 is 0 Å². The number of nitrogens with zero attached hydrogens (tertiary/aromatic N) is 1. The summed E-state index contributed by atoms with van der Waals surface area (Å²) in [6, 6.07) is 6.88. The van der Waals surface area contributed by atoms with E-state index in [1.807, 2.05) is 0 Å². The summed E-state index contributed by atoms with van der Waals surface area (Å²) >= 11 is 5.79. The maximum Gasteiger partial charge on any atom is 0.284 e. The van der Waals surface area contributed by atoms with Crippen molar-refractivity contribution in [1.29, 1.82) is 0 Å². The standard InChI is InChI=1S/C15H21ClN2O3/c1-12(21-14-6-4-13(16)5-7-14)15(19)17-20-11-10-18-8-2-3-9-18/h4-7,12H,2-3,8-11H2,1H3,(H,17,19)/t12-/m0/s1. The second kappa shape index (κ2) is 8.22. The van der Waals surface area contributed by atoms with E-state index in [9.17, 15) is 4.79 Å². The lowest BCUT2D eigenvalue weighted by atomic mass is 10.3. The number of ether oxygens (including phenoxy) is 1. The van der Waals surface area contributed by atoms with E-state index in [-0.39, 0.29) is 5.91 Å². The highest BCUT2D eigenvalue weighted by molar-refractivity contribution is 6.30. The molecule has 1 aliphatic rings. The fraction of sp³-hybridized carbons (Fsp3) is 0.533. The normalized spacial score (nSPS) is 16.7. The lowest BCUT2D eigenvalue weighted by Crippen LogP contribution is -2.38. The lowest BCUT2D eigenvalue weighted by molar-refractivity contribution is -0.140. The Morgan fingerprint density at radius 3 is 2.67 bits per heavy atom. The molecule has 1 fully saturated rings. The molecule has 21 heavy (non-hydrogen) atoms. The van der Waals surface area contributed by atoms with Crippen molar-refractivity contribution >= 4 is 17.5 Å². The van der Waals surface area contributed by atoms with Crippen LogP contribution in [-0.2, 0) is 9.63 Å². The van der Waals surface area contributed by atoms with E-state index in [1.54, 1.807) is 31.2 Å². The van der Waals surface area contributed by atoms with Crippen molar-refractivity contribution in [1.82, 2.24) is 10.4 Å². The minimum absolute atomic E-state index is 0.300. The van der Waals surface area contributed by atoms with Gasteiger partial charge in [-0.1, -0.05) is 11.6 Å². The maximum absolute atomic E-state index is 11.8.